The molecule has 1 aromatic rings. The molecule has 4 heteroatoms. The number of aromatic nitrogens is 2. The molecule has 54 valence electrons. The molecule has 0 bridgehead atoms. The van der Waals surface area contributed by atoms with Crippen molar-refractivity contribution in [2.75, 3.05) is 0 Å². The lowest BCUT2D eigenvalue weighted by Crippen LogP contribution is -2.07. The second-order valence-electron chi connectivity index (χ2n) is 1.92. The summed E-state index contributed by atoms with van der Waals surface area (Å²) in [5.74, 6) is -0.0359. The van der Waals surface area contributed by atoms with Gasteiger partial charge >= 0.3 is 0 Å². The minimum absolute atomic E-state index is 0.0359. The van der Waals surface area contributed by atoms with Gasteiger partial charge < -0.3 is 5.11 Å². The van der Waals surface area contributed by atoms with E-state index in [4.69, 9.17) is 5.11 Å². The van der Waals surface area contributed by atoms with Crippen LogP contribution in [0.5, 0.6) is 5.75 Å². The van der Waals surface area contributed by atoms with E-state index in [9.17, 15) is 4.79 Å². The molecule has 0 aliphatic rings. The van der Waals surface area contributed by atoms with Crippen LogP contribution in [0.2, 0.25) is 0 Å². The van der Waals surface area contributed by atoms with Gasteiger partial charge in [0.05, 0.1) is 0 Å². The number of rotatable bonds is 1. The maximum Gasteiger partial charge on any atom is 0.267 e. The smallest absolute Gasteiger partial charge is 0.267 e. The van der Waals surface area contributed by atoms with Crippen molar-refractivity contribution in [3.63, 3.8) is 0 Å². The minimum Gasteiger partial charge on any atom is -0.506 e. The summed E-state index contributed by atoms with van der Waals surface area (Å²) in [4.78, 5) is 10.5. The van der Waals surface area contributed by atoms with E-state index in [1.54, 1.807) is 0 Å². The van der Waals surface area contributed by atoms with Crippen molar-refractivity contribution >= 4 is 0 Å². The molecule has 0 atom stereocenters. The van der Waals surface area contributed by atoms with E-state index in [-0.39, 0.29) is 11.3 Å². The molecule has 0 aromatic carbocycles. The van der Waals surface area contributed by atoms with E-state index in [2.05, 4.69) is 10.2 Å². The van der Waals surface area contributed by atoms with Gasteiger partial charge in [0.1, 0.15) is 11.4 Å². The normalized spacial score (nSPS) is 9.70. The quantitative estimate of drug-likeness (QED) is 0.578. The maximum absolute atomic E-state index is 10.5. The Bertz CT molecular complexity index is 279. The molecule has 0 spiro atoms. The van der Waals surface area contributed by atoms with Gasteiger partial charge in [0.15, 0.2) is 0 Å². The predicted molar refractivity (Wildman–Crippen MR) is 35.9 cm³/mol. The Morgan fingerprint density at radius 3 is 3.00 bits per heavy atom. The average molecular weight is 140 g/mol. The van der Waals surface area contributed by atoms with Crippen LogP contribution in [0.4, 0.5) is 0 Å². The van der Waals surface area contributed by atoms with Crippen LogP contribution in [0, 0.1) is 0 Å². The second kappa shape index (κ2) is 2.51. The molecule has 0 saturated heterocycles. The zero-order valence-electron chi connectivity index (χ0n) is 5.59. The Labute approximate surface area is 57.5 Å². The Kier molecular flexibility index (Phi) is 1.71. The molecule has 4 nitrogen and oxygen atoms in total. The molecule has 1 heterocycles. The molecule has 0 amide bonds. The Hall–Kier alpha value is -1.32. The molecule has 0 aliphatic heterocycles. The van der Waals surface area contributed by atoms with Crippen LogP contribution in [0.3, 0.4) is 0 Å². The summed E-state index contributed by atoms with van der Waals surface area (Å²) >= 11 is 0. The lowest BCUT2D eigenvalue weighted by atomic mass is 10.3. The number of nitrogens with zero attached hydrogens (tertiary/aromatic N) is 1. The van der Waals surface area contributed by atoms with Gasteiger partial charge in [0, 0.05) is 6.07 Å². The summed E-state index contributed by atoms with van der Waals surface area (Å²) in [5.41, 5.74) is 0.134. The van der Waals surface area contributed by atoms with E-state index in [1.165, 1.54) is 0 Å². The first kappa shape index (κ1) is 6.80. The number of aromatic amines is 1. The summed E-state index contributed by atoms with van der Waals surface area (Å²) < 4.78 is 0. The number of H-pyrrole nitrogens is 1. The van der Waals surface area contributed by atoms with Crippen molar-refractivity contribution < 1.29 is 5.11 Å². The van der Waals surface area contributed by atoms with Crippen LogP contribution in [0.1, 0.15) is 12.6 Å². The summed E-state index contributed by atoms with van der Waals surface area (Å²) in [6.45, 7) is 1.85. The third-order valence-electron chi connectivity index (χ3n) is 1.20. The minimum atomic E-state index is -0.380. The van der Waals surface area contributed by atoms with Crippen molar-refractivity contribution in [2.24, 2.45) is 0 Å². The van der Waals surface area contributed by atoms with Crippen LogP contribution in [0.15, 0.2) is 10.9 Å². The van der Waals surface area contributed by atoms with Crippen LogP contribution in [-0.2, 0) is 6.42 Å². The Balaban J connectivity index is 3.19. The SMILES string of the molecule is CCc1n[nH]c(=O)cc1O. The molecular formula is C6H8N2O2. The van der Waals surface area contributed by atoms with Gasteiger partial charge in [-0.15, -0.1) is 0 Å². The molecule has 0 unspecified atom stereocenters. The lowest BCUT2D eigenvalue weighted by molar-refractivity contribution is 0.461. The number of nitrogens with one attached hydrogen (secondary N) is 1. The number of aryl methyl sites for hydroxylation is 1. The van der Waals surface area contributed by atoms with Crippen molar-refractivity contribution in [3.05, 3.63) is 22.1 Å². The second-order valence-corrected chi connectivity index (χ2v) is 1.92. The fourth-order valence-corrected chi connectivity index (χ4v) is 0.680. The van der Waals surface area contributed by atoms with Gasteiger partial charge in [-0.05, 0) is 6.42 Å². The highest BCUT2D eigenvalue weighted by molar-refractivity contribution is 5.22. The molecule has 2 N–H and O–H groups in total. The highest BCUT2D eigenvalue weighted by Gasteiger charge is 1.98. The molecule has 0 radical (unpaired) electrons. The summed E-state index contributed by atoms with van der Waals surface area (Å²) in [6.07, 6.45) is 0.614. The average Bonchev–Trinajstić information content (AvgIpc) is 1.88. The van der Waals surface area contributed by atoms with Gasteiger partial charge in [-0.3, -0.25) is 4.79 Å². The summed E-state index contributed by atoms with van der Waals surface area (Å²) in [6, 6.07) is 1.12. The van der Waals surface area contributed by atoms with Crippen molar-refractivity contribution in [1.82, 2.24) is 10.2 Å². The molecule has 10 heavy (non-hydrogen) atoms. The Morgan fingerprint density at radius 2 is 2.50 bits per heavy atom. The van der Waals surface area contributed by atoms with E-state index in [1.807, 2.05) is 6.92 Å². The predicted octanol–water partition coefficient (Wildman–Crippen LogP) is 0.0379. The third kappa shape index (κ3) is 1.15. The first-order valence-corrected chi connectivity index (χ1v) is 3.01. The van der Waals surface area contributed by atoms with Crippen molar-refractivity contribution in [1.29, 1.82) is 0 Å². The monoisotopic (exact) mass is 140 g/mol. The largest absolute Gasteiger partial charge is 0.506 e. The van der Waals surface area contributed by atoms with E-state index < -0.39 is 0 Å². The van der Waals surface area contributed by atoms with Gasteiger partial charge in [-0.2, -0.15) is 5.10 Å². The van der Waals surface area contributed by atoms with Crippen LogP contribution in [-0.4, -0.2) is 15.3 Å². The highest BCUT2D eigenvalue weighted by atomic mass is 16.3. The fourth-order valence-electron chi connectivity index (χ4n) is 0.680. The summed E-state index contributed by atoms with van der Waals surface area (Å²) in [5, 5.41) is 14.8. The molecule has 0 aliphatic carbocycles. The van der Waals surface area contributed by atoms with Crippen LogP contribution >= 0.6 is 0 Å². The lowest BCUT2D eigenvalue weighted by Gasteiger charge is -1.95. The topological polar surface area (TPSA) is 66.0 Å². The van der Waals surface area contributed by atoms with Crippen LogP contribution in [0.25, 0.3) is 0 Å². The van der Waals surface area contributed by atoms with E-state index >= 15 is 0 Å². The standard InChI is InChI=1S/C6H8N2O2/c1-2-4-5(9)3-6(10)8-7-4/h3H,2H2,1H3,(H2,8,9,10). The van der Waals surface area contributed by atoms with Crippen molar-refractivity contribution in [2.45, 2.75) is 13.3 Å². The third-order valence-corrected chi connectivity index (χ3v) is 1.20. The van der Waals surface area contributed by atoms with E-state index in [0.717, 1.165) is 6.07 Å². The van der Waals surface area contributed by atoms with Gasteiger partial charge in [0.25, 0.3) is 5.56 Å². The number of aromatic hydroxyl groups is 1. The van der Waals surface area contributed by atoms with Gasteiger partial charge in [-0.1, -0.05) is 6.92 Å². The zero-order chi connectivity index (χ0) is 7.56. The highest BCUT2D eigenvalue weighted by Crippen LogP contribution is 2.08. The van der Waals surface area contributed by atoms with Gasteiger partial charge in [-0.25, -0.2) is 5.10 Å². The first-order valence-electron chi connectivity index (χ1n) is 3.01. The van der Waals surface area contributed by atoms with Crippen LogP contribution < -0.4 is 5.56 Å². The van der Waals surface area contributed by atoms with Crippen molar-refractivity contribution in [3.8, 4) is 5.75 Å². The molecule has 0 saturated carbocycles. The Morgan fingerprint density at radius 1 is 1.80 bits per heavy atom. The molecule has 1 aromatic heterocycles. The molecular weight excluding hydrogens is 132 g/mol. The fraction of sp³-hybridized carbons (Fsp3) is 0.333. The maximum atomic E-state index is 10.5. The van der Waals surface area contributed by atoms with E-state index in [0.29, 0.717) is 12.1 Å². The summed E-state index contributed by atoms with van der Waals surface area (Å²) in [7, 11) is 0. The molecule has 0 fully saturated rings. The number of hydrogen-bond acceptors (Lipinski definition) is 3. The zero-order valence-corrected chi connectivity index (χ0v) is 5.59. The molecule has 1 rings (SSSR count). The first-order chi connectivity index (χ1) is 4.74. The van der Waals surface area contributed by atoms with Gasteiger partial charge in [0.2, 0.25) is 0 Å². The number of hydrogen-bond donors (Lipinski definition) is 2.